The number of likely N-dealkylation sites (tertiary alicyclic amines) is 1. The number of nitrogens with two attached hydrogens (primary N) is 1. The molecule has 2 atom stereocenters. The number of piperidine rings is 1. The van der Waals surface area contributed by atoms with Crippen molar-refractivity contribution >= 4 is 5.91 Å². The topological polar surface area (TPSA) is 55.6 Å². The van der Waals surface area contributed by atoms with Gasteiger partial charge in [-0.1, -0.05) is 18.2 Å². The molecule has 0 radical (unpaired) electrons. The molecule has 1 aliphatic heterocycles. The summed E-state index contributed by atoms with van der Waals surface area (Å²) >= 11 is 0. The number of benzene rings is 1. The lowest BCUT2D eigenvalue weighted by Crippen LogP contribution is -2.43. The van der Waals surface area contributed by atoms with Gasteiger partial charge >= 0.3 is 6.36 Å². The molecule has 1 aromatic carbocycles. The lowest BCUT2D eigenvalue weighted by molar-refractivity contribution is -0.274. The first-order chi connectivity index (χ1) is 10.8. The third-order valence-corrected chi connectivity index (χ3v) is 4.50. The van der Waals surface area contributed by atoms with Crippen molar-refractivity contribution in [3.63, 3.8) is 0 Å². The second-order valence-corrected chi connectivity index (χ2v) is 6.20. The van der Waals surface area contributed by atoms with Crippen molar-refractivity contribution in [2.45, 2.75) is 37.6 Å². The molecular weight excluding hydrogens is 309 g/mol. The molecule has 23 heavy (non-hydrogen) atoms. The van der Waals surface area contributed by atoms with Crippen molar-refractivity contribution in [3.05, 3.63) is 29.8 Å². The number of halogens is 3. The van der Waals surface area contributed by atoms with Crippen LogP contribution in [0.1, 0.15) is 30.7 Å². The maximum Gasteiger partial charge on any atom is 0.573 e. The van der Waals surface area contributed by atoms with E-state index in [1.807, 2.05) is 0 Å². The average molecular weight is 328 g/mol. The third-order valence-electron chi connectivity index (χ3n) is 4.50. The molecule has 2 fully saturated rings. The first kappa shape index (κ1) is 16.1. The Morgan fingerprint density at radius 2 is 1.87 bits per heavy atom. The highest BCUT2D eigenvalue weighted by molar-refractivity contribution is 5.83. The van der Waals surface area contributed by atoms with E-state index in [1.165, 1.54) is 12.1 Å². The van der Waals surface area contributed by atoms with Gasteiger partial charge in [-0.05, 0) is 36.8 Å². The summed E-state index contributed by atoms with van der Waals surface area (Å²) in [5.74, 6) is -0.636. The number of para-hydroxylation sites is 1. The first-order valence-corrected chi connectivity index (χ1v) is 7.74. The van der Waals surface area contributed by atoms with Gasteiger partial charge in [0.1, 0.15) is 5.75 Å². The molecule has 0 bridgehead atoms. The van der Waals surface area contributed by atoms with E-state index in [1.54, 1.807) is 17.0 Å². The first-order valence-electron chi connectivity index (χ1n) is 7.74. The van der Waals surface area contributed by atoms with Crippen LogP contribution < -0.4 is 10.5 Å². The van der Waals surface area contributed by atoms with E-state index in [0.717, 1.165) is 12.8 Å². The average Bonchev–Trinajstić information content (AvgIpc) is 3.26. The Morgan fingerprint density at radius 1 is 1.22 bits per heavy atom. The highest BCUT2D eigenvalue weighted by Crippen LogP contribution is 2.51. The molecule has 3 rings (SSSR count). The predicted octanol–water partition coefficient (Wildman–Crippen LogP) is 2.64. The minimum Gasteiger partial charge on any atom is -0.405 e. The SMILES string of the molecule is NC1CCN(C(=O)[C@H]2C[C@@H]2c2ccccc2OC(F)(F)F)CC1. The normalized spacial score (nSPS) is 25.3. The minimum absolute atomic E-state index is 0.0173. The fraction of sp³-hybridized carbons (Fsp3) is 0.562. The van der Waals surface area contributed by atoms with E-state index in [0.29, 0.717) is 25.1 Å². The predicted molar refractivity (Wildman–Crippen MR) is 77.8 cm³/mol. The van der Waals surface area contributed by atoms with Crippen molar-refractivity contribution in [2.75, 3.05) is 13.1 Å². The molecule has 1 saturated carbocycles. The lowest BCUT2D eigenvalue weighted by Gasteiger charge is -2.30. The van der Waals surface area contributed by atoms with Gasteiger partial charge in [-0.25, -0.2) is 0 Å². The molecular formula is C16H19F3N2O2. The van der Waals surface area contributed by atoms with Crippen LogP contribution in [0.2, 0.25) is 0 Å². The number of alkyl halides is 3. The fourth-order valence-corrected chi connectivity index (χ4v) is 3.17. The van der Waals surface area contributed by atoms with Crippen LogP contribution in [-0.4, -0.2) is 36.3 Å². The zero-order chi connectivity index (χ0) is 16.6. The van der Waals surface area contributed by atoms with Gasteiger partial charge in [0.05, 0.1) is 0 Å². The van der Waals surface area contributed by atoms with E-state index in [2.05, 4.69) is 4.74 Å². The number of rotatable bonds is 3. The Labute approximate surface area is 132 Å². The highest BCUT2D eigenvalue weighted by Gasteiger charge is 2.48. The van der Waals surface area contributed by atoms with Crippen LogP contribution in [0.3, 0.4) is 0 Å². The van der Waals surface area contributed by atoms with Gasteiger partial charge in [-0.15, -0.1) is 13.2 Å². The summed E-state index contributed by atoms with van der Waals surface area (Å²) in [4.78, 5) is 14.2. The van der Waals surface area contributed by atoms with Gasteiger partial charge in [0.25, 0.3) is 0 Å². The Hall–Kier alpha value is -1.76. The molecule has 1 aliphatic carbocycles. The molecule has 2 N–H and O–H groups in total. The Kier molecular flexibility index (Phi) is 4.23. The number of hydrogen-bond acceptors (Lipinski definition) is 3. The standard InChI is InChI=1S/C16H19F3N2O2/c17-16(18,19)23-14-4-2-1-3-11(14)12-9-13(12)15(22)21-7-5-10(20)6-8-21/h1-4,10,12-13H,5-9,20H2/t12-,13+/m1/s1. The summed E-state index contributed by atoms with van der Waals surface area (Å²) in [7, 11) is 0. The summed E-state index contributed by atoms with van der Waals surface area (Å²) in [5, 5.41) is 0. The molecule has 2 aliphatic rings. The Morgan fingerprint density at radius 3 is 2.52 bits per heavy atom. The number of ether oxygens (including phenoxy) is 1. The van der Waals surface area contributed by atoms with Crippen LogP contribution >= 0.6 is 0 Å². The summed E-state index contributed by atoms with van der Waals surface area (Å²) in [6.07, 6.45) is -2.61. The monoisotopic (exact) mass is 328 g/mol. The zero-order valence-electron chi connectivity index (χ0n) is 12.6. The minimum atomic E-state index is -4.73. The smallest absolute Gasteiger partial charge is 0.405 e. The fourth-order valence-electron chi connectivity index (χ4n) is 3.17. The van der Waals surface area contributed by atoms with Crippen molar-refractivity contribution in [1.29, 1.82) is 0 Å². The third kappa shape index (κ3) is 3.77. The van der Waals surface area contributed by atoms with Crippen LogP contribution in [-0.2, 0) is 4.79 Å². The number of amides is 1. The molecule has 1 saturated heterocycles. The summed E-state index contributed by atoms with van der Waals surface area (Å²) < 4.78 is 41.5. The van der Waals surface area contributed by atoms with E-state index in [4.69, 9.17) is 5.73 Å². The maximum absolute atomic E-state index is 12.5. The van der Waals surface area contributed by atoms with Gasteiger partial charge in [0.15, 0.2) is 0 Å². The molecule has 0 spiro atoms. The van der Waals surface area contributed by atoms with E-state index < -0.39 is 6.36 Å². The molecule has 1 heterocycles. The largest absolute Gasteiger partial charge is 0.573 e. The number of nitrogens with zero attached hydrogens (tertiary/aromatic N) is 1. The zero-order valence-corrected chi connectivity index (χ0v) is 12.6. The highest BCUT2D eigenvalue weighted by atomic mass is 19.4. The molecule has 1 aromatic rings. The van der Waals surface area contributed by atoms with Gasteiger partial charge in [0.2, 0.25) is 5.91 Å². The van der Waals surface area contributed by atoms with Crippen molar-refractivity contribution in [2.24, 2.45) is 11.7 Å². The van der Waals surface area contributed by atoms with Gasteiger partial charge < -0.3 is 15.4 Å². The van der Waals surface area contributed by atoms with Crippen LogP contribution in [0.25, 0.3) is 0 Å². The van der Waals surface area contributed by atoms with E-state index in [-0.39, 0.29) is 29.5 Å². The van der Waals surface area contributed by atoms with Gasteiger partial charge in [0, 0.05) is 25.0 Å². The molecule has 0 aromatic heterocycles. The number of carbonyl (C=O) groups excluding carboxylic acids is 1. The number of carbonyl (C=O) groups is 1. The molecule has 1 amide bonds. The second-order valence-electron chi connectivity index (χ2n) is 6.20. The van der Waals surface area contributed by atoms with Crippen molar-refractivity contribution in [1.82, 2.24) is 4.90 Å². The maximum atomic E-state index is 12.5. The summed E-state index contributed by atoms with van der Waals surface area (Å²) in [5.41, 5.74) is 6.28. The molecule has 0 unspecified atom stereocenters. The van der Waals surface area contributed by atoms with Crippen LogP contribution in [0.15, 0.2) is 24.3 Å². The quantitative estimate of drug-likeness (QED) is 0.928. The molecule has 4 nitrogen and oxygen atoms in total. The summed E-state index contributed by atoms with van der Waals surface area (Å²) in [6, 6.07) is 6.19. The van der Waals surface area contributed by atoms with Gasteiger partial charge in [-0.2, -0.15) is 0 Å². The van der Waals surface area contributed by atoms with E-state index >= 15 is 0 Å². The van der Waals surface area contributed by atoms with E-state index in [9.17, 15) is 18.0 Å². The van der Waals surface area contributed by atoms with Crippen molar-refractivity contribution in [3.8, 4) is 5.75 Å². The molecule has 126 valence electrons. The second kappa shape index (κ2) is 6.03. The lowest BCUT2D eigenvalue weighted by atomic mass is 10.0. The Balaban J connectivity index is 1.67. The Bertz CT molecular complexity index is 583. The summed E-state index contributed by atoms with van der Waals surface area (Å²) in [6.45, 7) is 1.26. The van der Waals surface area contributed by atoms with Crippen LogP contribution in [0, 0.1) is 5.92 Å². The molecule has 7 heteroatoms. The van der Waals surface area contributed by atoms with Crippen LogP contribution in [0.4, 0.5) is 13.2 Å². The van der Waals surface area contributed by atoms with Crippen molar-refractivity contribution < 1.29 is 22.7 Å². The van der Waals surface area contributed by atoms with Gasteiger partial charge in [-0.3, -0.25) is 4.79 Å². The number of hydrogen-bond donors (Lipinski definition) is 1. The van der Waals surface area contributed by atoms with Crippen LogP contribution in [0.5, 0.6) is 5.75 Å².